The molecule has 440 valence electrons. The van der Waals surface area contributed by atoms with Crippen molar-refractivity contribution in [2.45, 2.75) is 175 Å². The molecule has 0 saturated carbocycles. The summed E-state index contributed by atoms with van der Waals surface area (Å²) in [4.78, 5) is 32.4. The first-order valence-corrected chi connectivity index (χ1v) is 38.5. The van der Waals surface area contributed by atoms with E-state index in [1.165, 1.54) is 25.1 Å². The molecule has 0 unspecified atom stereocenters. The summed E-state index contributed by atoms with van der Waals surface area (Å²) in [6, 6.07) is 15.8. The number of halogens is 4. The van der Waals surface area contributed by atoms with Crippen LogP contribution in [0.25, 0.3) is 21.1 Å². The highest BCUT2D eigenvalue weighted by atomic mass is 35.5. The van der Waals surface area contributed by atoms with Gasteiger partial charge in [-0.05, 0) is 168 Å². The number of ketones is 1. The summed E-state index contributed by atoms with van der Waals surface area (Å²) < 4.78 is 55.2. The van der Waals surface area contributed by atoms with Crippen LogP contribution in [0.1, 0.15) is 121 Å². The third-order valence-corrected chi connectivity index (χ3v) is 30.0. The van der Waals surface area contributed by atoms with E-state index in [9.17, 15) is 19.1 Å². The molecule has 81 heavy (non-hydrogen) atoms. The Morgan fingerprint density at radius 1 is 0.741 bits per heavy atom. The van der Waals surface area contributed by atoms with Gasteiger partial charge in [-0.3, -0.25) is 9.59 Å². The number of hydrogen-bond acceptors (Lipinski definition) is 10. The van der Waals surface area contributed by atoms with Crippen LogP contribution >= 0.6 is 30.6 Å². The van der Waals surface area contributed by atoms with Gasteiger partial charge in [0, 0.05) is 11.1 Å². The summed E-state index contributed by atoms with van der Waals surface area (Å²) in [6.07, 6.45) is -0.553. The zero-order valence-corrected chi connectivity index (χ0v) is 57.0. The van der Waals surface area contributed by atoms with Gasteiger partial charge in [-0.1, -0.05) is 122 Å². The molecule has 1 aromatic heterocycles. The van der Waals surface area contributed by atoms with Crippen LogP contribution in [0, 0.1) is 44.5 Å². The van der Waals surface area contributed by atoms with Crippen LogP contribution in [0.5, 0.6) is 11.5 Å². The summed E-state index contributed by atoms with van der Waals surface area (Å²) in [7, 11) is -5.60. The van der Waals surface area contributed by atoms with Crippen molar-refractivity contribution in [2.24, 2.45) is 5.92 Å². The first-order valence-electron chi connectivity index (χ1n) is 26.7. The minimum Gasteiger partial charge on any atom is -0.542 e. The lowest BCUT2D eigenvalue weighted by Crippen LogP contribution is -2.44. The first kappa shape index (κ1) is 70.5. The van der Waals surface area contributed by atoms with Crippen LogP contribution < -0.4 is 14.2 Å². The second-order valence-electron chi connectivity index (χ2n) is 24.8. The summed E-state index contributed by atoms with van der Waals surface area (Å²) in [5.41, 5.74) is 4.52. The van der Waals surface area contributed by atoms with Crippen molar-refractivity contribution in [1.82, 2.24) is 15.5 Å². The van der Waals surface area contributed by atoms with Crippen LogP contribution in [-0.4, -0.2) is 77.4 Å². The van der Waals surface area contributed by atoms with Crippen LogP contribution in [-0.2, 0) is 33.9 Å². The maximum Gasteiger partial charge on any atom is 0.250 e. The fourth-order valence-corrected chi connectivity index (χ4v) is 11.3. The Balaban J connectivity index is 0.000000410. The number of nitrogens with zero attached hydrogens (tertiary/aromatic N) is 4. The van der Waals surface area contributed by atoms with E-state index in [-0.39, 0.29) is 63.1 Å². The monoisotopic (exact) mass is 1240 g/mol. The summed E-state index contributed by atoms with van der Waals surface area (Å²) in [6.45, 7) is 55.0. The predicted molar refractivity (Wildman–Crippen MR) is 337 cm³/mol. The Morgan fingerprint density at radius 3 is 1.60 bits per heavy atom. The van der Waals surface area contributed by atoms with Crippen molar-refractivity contribution in [3.8, 4) is 23.0 Å². The number of carbonyl (C=O) groups excluding carboxylic acids is 2. The maximum absolute atomic E-state index is 15.2. The van der Waals surface area contributed by atoms with Crippen molar-refractivity contribution in [3.05, 3.63) is 139 Å². The van der Waals surface area contributed by atoms with Crippen molar-refractivity contribution >= 4 is 90.4 Å². The number of aromatic nitrogens is 2. The average molecular weight is 1240 g/mol. The number of Topliss-reactive ketones (excluding diaryl/α,β-unsaturated/α-hetero) is 1. The molecule has 0 aliphatic rings. The Morgan fingerprint density at radius 2 is 1.19 bits per heavy atom. The highest BCUT2D eigenvalue weighted by Crippen LogP contribution is 2.43. The van der Waals surface area contributed by atoms with Gasteiger partial charge in [-0.25, -0.2) is 18.5 Å². The Hall–Kier alpha value is -4.73. The molecule has 5 aromatic rings. The molecule has 12 nitrogen and oxygen atoms in total. The second-order valence-corrected chi connectivity index (χ2v) is 41.2. The summed E-state index contributed by atoms with van der Waals surface area (Å²) >= 11 is 17.1. The molecular weight excluding hydrogens is 1160 g/mol. The van der Waals surface area contributed by atoms with Gasteiger partial charge in [0.05, 0.1) is 53.8 Å². The lowest BCUT2D eigenvalue weighted by atomic mass is 9.91. The standard InChI is InChI=1S/C32H45ClFN3O3Si2.C27H34ClFN2O4Si.CH3PS/c1-20-22(14-16-26(35-9)28(20)33)18-24(21(2)39-41(10,11)31(3,4)5)30-37-36-29(38-30)23-15-17-27(25(34)19-23)40-42(12,13)32(6,7)8;1-16-18(9-11-22(30-6)25(16)28)13-20(17(2)32)26(34)31-15-23(33)19-10-12-24(21(29)14-19)35-36(7,8)27(3,4)5;1-2-3/h14-17,19,21,24H,18H2,1-8,10-13H3;9-12,14,17,20,32H,13,15H2,1-5,7-8H3,(H,31,34);1H3/t21-,24+;17-,20+;/m00./s1. The van der Waals surface area contributed by atoms with E-state index in [1.54, 1.807) is 37.3 Å². The van der Waals surface area contributed by atoms with Crippen LogP contribution in [0.3, 0.4) is 0 Å². The van der Waals surface area contributed by atoms with Gasteiger partial charge < -0.3 is 28.1 Å². The Labute approximate surface area is 500 Å². The smallest absolute Gasteiger partial charge is 0.250 e. The van der Waals surface area contributed by atoms with E-state index in [1.807, 2.05) is 39.7 Å². The van der Waals surface area contributed by atoms with E-state index >= 15 is 4.39 Å². The normalized spacial score (nSPS) is 13.7. The highest BCUT2D eigenvalue weighted by molar-refractivity contribution is 7.96. The number of aliphatic hydroxyl groups is 1. The fourth-order valence-electron chi connectivity index (χ4n) is 7.40. The molecule has 2 N–H and O–H groups in total. The third-order valence-electron chi connectivity index (χ3n) is 15.8. The largest absolute Gasteiger partial charge is 0.542 e. The molecule has 0 fully saturated rings. The number of rotatable bonds is 18. The number of benzene rings is 4. The van der Waals surface area contributed by atoms with Gasteiger partial charge >= 0.3 is 0 Å². The lowest BCUT2D eigenvalue weighted by Gasteiger charge is -2.40. The highest BCUT2D eigenvalue weighted by Gasteiger charge is 2.43. The van der Waals surface area contributed by atoms with Gasteiger partial charge in [0.15, 0.2) is 25.7 Å². The number of aliphatic hydroxyl groups excluding tert-OH is 1. The van der Waals surface area contributed by atoms with E-state index < -0.39 is 60.3 Å². The van der Waals surface area contributed by atoms with E-state index in [0.29, 0.717) is 44.9 Å². The average Bonchev–Trinajstić information content (AvgIpc) is 3.97. The minimum atomic E-state index is -2.25. The maximum atomic E-state index is 15.2. The van der Waals surface area contributed by atoms with Crippen molar-refractivity contribution in [2.75, 3.05) is 13.2 Å². The summed E-state index contributed by atoms with van der Waals surface area (Å²) in [5, 5.41) is 22.1. The number of amides is 1. The molecule has 0 saturated heterocycles. The first-order chi connectivity index (χ1) is 37.2. The van der Waals surface area contributed by atoms with Gasteiger partial charge in [0.1, 0.15) is 11.5 Å². The Bertz CT molecular complexity index is 3130. The third kappa shape index (κ3) is 18.6. The quantitative estimate of drug-likeness (QED) is 0.0377. The molecule has 0 aliphatic heterocycles. The van der Waals surface area contributed by atoms with Crippen molar-refractivity contribution in [1.29, 1.82) is 0 Å². The zero-order valence-electron chi connectivity index (χ0n) is 50.8. The Kier molecular flexibility index (Phi) is 25.0. The topological polar surface area (TPSA) is 142 Å². The molecular formula is C60H82Cl2F2N5O7PSSi3. The number of carbonyl (C=O) groups is 2. The van der Waals surface area contributed by atoms with Gasteiger partial charge in [-0.2, -0.15) is 0 Å². The molecule has 0 bridgehead atoms. The van der Waals surface area contributed by atoms with Gasteiger partial charge in [0.2, 0.25) is 29.1 Å². The number of nitrogens with one attached hydrogen (secondary N) is 1. The molecule has 0 spiro atoms. The van der Waals surface area contributed by atoms with Crippen LogP contribution in [0.15, 0.2) is 65.1 Å². The van der Waals surface area contributed by atoms with Gasteiger partial charge in [-0.15, -0.1) is 10.2 Å². The lowest BCUT2D eigenvalue weighted by molar-refractivity contribution is -0.127. The minimum absolute atomic E-state index is 0.00801. The number of hydrogen-bond donors (Lipinski definition) is 2. The molecule has 1 heterocycles. The van der Waals surface area contributed by atoms with E-state index in [2.05, 4.69) is 126 Å². The van der Waals surface area contributed by atoms with Crippen LogP contribution in [0.2, 0.25) is 64.4 Å². The molecule has 21 heteroatoms. The molecule has 1 amide bonds. The predicted octanol–water partition coefficient (Wildman–Crippen LogP) is 17.8. The van der Waals surface area contributed by atoms with Crippen LogP contribution in [0.4, 0.5) is 20.2 Å². The van der Waals surface area contributed by atoms with E-state index in [4.69, 9.17) is 54.0 Å². The molecule has 4 aromatic carbocycles. The van der Waals surface area contributed by atoms with Crippen molar-refractivity contribution in [3.63, 3.8) is 0 Å². The SMILES string of the molecule is CP=S.[C-]#[N+]c1ccc(C[C@@H](C(=O)NCC(=O)c2ccc(O[Si](C)(C)C(C)(C)C)c(F)c2)[C@H](C)O)c(C)c1Cl.[C-]#[N+]c1ccc(C[C@@H](c2nnc(-c3ccc(O[Si](C)(C)C(C)(C)C)c(F)c3)o2)[C@H](C)O[Si](C)(C)C(C)(C)C)c(C)c1Cl. The van der Waals surface area contributed by atoms with Crippen molar-refractivity contribution < 1.29 is 41.2 Å². The van der Waals surface area contributed by atoms with Gasteiger partial charge in [0.25, 0.3) is 16.6 Å². The molecule has 0 radical (unpaired) electrons. The second kappa shape index (κ2) is 28.7. The molecule has 4 atom stereocenters. The summed E-state index contributed by atoms with van der Waals surface area (Å²) in [5.74, 6) is -2.24. The molecule has 5 rings (SSSR count). The molecule has 0 aliphatic carbocycles. The van der Waals surface area contributed by atoms with E-state index in [0.717, 1.165) is 30.1 Å². The fraction of sp³-hybridized carbons (Fsp3) is 0.500. The zero-order chi connectivity index (χ0) is 62.0.